The van der Waals surface area contributed by atoms with Crippen LogP contribution in [-0.4, -0.2) is 25.2 Å². The van der Waals surface area contributed by atoms with E-state index < -0.39 is 11.9 Å². The second-order valence-electron chi connectivity index (χ2n) is 4.63. The van der Waals surface area contributed by atoms with Gasteiger partial charge in [0.25, 0.3) is 0 Å². The molecule has 0 saturated heterocycles. The number of thiazole rings is 1. The first-order valence-electron chi connectivity index (χ1n) is 5.71. The maximum Gasteiger partial charge on any atom is 0.434 e. The van der Waals surface area contributed by atoms with Crippen molar-refractivity contribution in [1.29, 1.82) is 0 Å². The van der Waals surface area contributed by atoms with E-state index >= 15 is 0 Å². The first kappa shape index (κ1) is 13.6. The minimum absolute atomic E-state index is 0.195. The van der Waals surface area contributed by atoms with E-state index in [0.29, 0.717) is 18.3 Å². The predicted molar refractivity (Wildman–Crippen MR) is 63.8 cm³/mol. The van der Waals surface area contributed by atoms with Crippen molar-refractivity contribution in [2.75, 3.05) is 25.6 Å². The molecule has 102 valence electrons. The molecule has 2 rings (SSSR count). The van der Waals surface area contributed by atoms with Crippen molar-refractivity contribution in [3.8, 4) is 0 Å². The smallest absolute Gasteiger partial charge is 0.385 e. The number of hydrogen-bond acceptors (Lipinski definition) is 4. The number of rotatable bonds is 6. The fraction of sp³-hybridized carbons (Fsp3) is 0.727. The summed E-state index contributed by atoms with van der Waals surface area (Å²) in [6.07, 6.45) is -1.22. The number of nitrogens with one attached hydrogen (secondary N) is 1. The van der Waals surface area contributed by atoms with Gasteiger partial charge in [-0.2, -0.15) is 13.2 Å². The highest BCUT2D eigenvalue weighted by atomic mass is 32.1. The summed E-state index contributed by atoms with van der Waals surface area (Å²) in [5.41, 5.74) is -0.628. The zero-order chi connectivity index (χ0) is 13.2. The molecule has 7 heteroatoms. The third-order valence-electron chi connectivity index (χ3n) is 3.20. The molecule has 0 amide bonds. The summed E-state index contributed by atoms with van der Waals surface area (Å²) in [4.78, 5) is 3.54. The fourth-order valence-electron chi connectivity index (χ4n) is 1.76. The average Bonchev–Trinajstić information content (AvgIpc) is 2.89. The van der Waals surface area contributed by atoms with Gasteiger partial charge >= 0.3 is 6.18 Å². The molecule has 1 heterocycles. The maximum absolute atomic E-state index is 12.4. The van der Waals surface area contributed by atoms with Gasteiger partial charge in [0.15, 0.2) is 10.8 Å². The molecule has 1 fully saturated rings. The van der Waals surface area contributed by atoms with Crippen LogP contribution in [0, 0.1) is 5.41 Å². The van der Waals surface area contributed by atoms with Crippen molar-refractivity contribution in [3.05, 3.63) is 11.1 Å². The number of aromatic nitrogens is 1. The first-order chi connectivity index (χ1) is 8.45. The molecule has 1 aromatic rings. The van der Waals surface area contributed by atoms with Crippen LogP contribution in [0.15, 0.2) is 5.38 Å². The van der Waals surface area contributed by atoms with Gasteiger partial charge in [0.1, 0.15) is 0 Å². The number of methoxy groups -OCH3 is 1. The van der Waals surface area contributed by atoms with Crippen molar-refractivity contribution in [1.82, 2.24) is 4.98 Å². The molecule has 1 aliphatic rings. The monoisotopic (exact) mass is 280 g/mol. The van der Waals surface area contributed by atoms with Gasteiger partial charge < -0.3 is 10.1 Å². The molecule has 3 nitrogen and oxygen atoms in total. The van der Waals surface area contributed by atoms with Crippen molar-refractivity contribution < 1.29 is 17.9 Å². The highest BCUT2D eigenvalue weighted by Crippen LogP contribution is 2.48. The van der Waals surface area contributed by atoms with E-state index in [4.69, 9.17) is 4.74 Å². The molecule has 0 radical (unpaired) electrons. The molecule has 0 aliphatic heterocycles. The molecular weight excluding hydrogens is 265 g/mol. The number of halogens is 3. The number of anilines is 1. The normalized spacial score (nSPS) is 17.8. The summed E-state index contributed by atoms with van der Waals surface area (Å²) < 4.78 is 42.1. The van der Waals surface area contributed by atoms with E-state index in [-0.39, 0.29) is 5.41 Å². The molecule has 1 aliphatic carbocycles. The maximum atomic E-state index is 12.4. The highest BCUT2D eigenvalue weighted by Gasteiger charge is 2.42. The molecule has 0 atom stereocenters. The molecule has 0 spiro atoms. The summed E-state index contributed by atoms with van der Waals surface area (Å²) in [6.45, 7) is 1.36. The Morgan fingerprint density at radius 3 is 2.72 bits per heavy atom. The zero-order valence-corrected chi connectivity index (χ0v) is 10.8. The molecule has 0 unspecified atom stereocenters. The van der Waals surface area contributed by atoms with E-state index in [0.717, 1.165) is 36.0 Å². The Hall–Kier alpha value is -0.820. The van der Waals surface area contributed by atoms with Crippen LogP contribution in [0.1, 0.15) is 25.0 Å². The second kappa shape index (κ2) is 5.05. The van der Waals surface area contributed by atoms with E-state index in [1.807, 2.05) is 0 Å². The van der Waals surface area contributed by atoms with Crippen LogP contribution in [0.3, 0.4) is 0 Å². The van der Waals surface area contributed by atoms with Gasteiger partial charge in [0, 0.05) is 25.6 Å². The molecule has 1 N–H and O–H groups in total. The minimum atomic E-state index is -4.36. The van der Waals surface area contributed by atoms with E-state index in [1.54, 1.807) is 7.11 Å². The van der Waals surface area contributed by atoms with Crippen LogP contribution < -0.4 is 5.32 Å². The quantitative estimate of drug-likeness (QED) is 0.867. The second-order valence-corrected chi connectivity index (χ2v) is 5.49. The Kier molecular flexibility index (Phi) is 3.82. The van der Waals surface area contributed by atoms with Crippen molar-refractivity contribution in [3.63, 3.8) is 0 Å². The summed E-state index contributed by atoms with van der Waals surface area (Å²) in [5.74, 6) is 0. The number of alkyl halides is 3. The molecule has 0 aromatic carbocycles. The lowest BCUT2D eigenvalue weighted by molar-refractivity contribution is -0.140. The molecule has 0 bridgehead atoms. The van der Waals surface area contributed by atoms with E-state index in [1.165, 1.54) is 0 Å². The fourth-order valence-corrected chi connectivity index (χ4v) is 2.47. The van der Waals surface area contributed by atoms with Gasteiger partial charge in [-0.15, -0.1) is 11.3 Å². The highest BCUT2D eigenvalue weighted by molar-refractivity contribution is 7.13. The number of nitrogens with zero attached hydrogens (tertiary/aromatic N) is 1. The molecule has 18 heavy (non-hydrogen) atoms. The Balaban J connectivity index is 1.85. The van der Waals surface area contributed by atoms with Crippen LogP contribution >= 0.6 is 11.3 Å². The van der Waals surface area contributed by atoms with Crippen molar-refractivity contribution in [2.24, 2.45) is 5.41 Å². The Morgan fingerprint density at radius 1 is 1.50 bits per heavy atom. The average molecular weight is 280 g/mol. The lowest BCUT2D eigenvalue weighted by Crippen LogP contribution is -2.17. The van der Waals surface area contributed by atoms with Crippen LogP contribution in [0.25, 0.3) is 0 Å². The van der Waals surface area contributed by atoms with E-state index in [2.05, 4.69) is 10.3 Å². The van der Waals surface area contributed by atoms with Crippen LogP contribution in [0.4, 0.5) is 18.3 Å². The topological polar surface area (TPSA) is 34.1 Å². The zero-order valence-electron chi connectivity index (χ0n) is 10.0. The SMILES string of the molecule is COCCC1(CNc2nc(C(F)(F)F)cs2)CC1. The lowest BCUT2D eigenvalue weighted by Gasteiger charge is -2.14. The lowest BCUT2D eigenvalue weighted by atomic mass is 10.0. The van der Waals surface area contributed by atoms with Gasteiger partial charge in [0.2, 0.25) is 0 Å². The van der Waals surface area contributed by atoms with Crippen LogP contribution in [-0.2, 0) is 10.9 Å². The Bertz CT molecular complexity index is 401. The Labute approximate surface area is 107 Å². The van der Waals surface area contributed by atoms with Crippen molar-refractivity contribution >= 4 is 16.5 Å². The van der Waals surface area contributed by atoms with Gasteiger partial charge in [-0.25, -0.2) is 4.98 Å². The third kappa shape index (κ3) is 3.35. The summed E-state index contributed by atoms with van der Waals surface area (Å²) in [6, 6.07) is 0. The van der Waals surface area contributed by atoms with Crippen LogP contribution in [0.2, 0.25) is 0 Å². The molecular formula is C11H15F3N2OS. The molecule has 1 saturated carbocycles. The van der Waals surface area contributed by atoms with Crippen molar-refractivity contribution in [2.45, 2.75) is 25.4 Å². The number of hydrogen-bond donors (Lipinski definition) is 1. The van der Waals surface area contributed by atoms with E-state index in [9.17, 15) is 13.2 Å². The minimum Gasteiger partial charge on any atom is -0.385 e. The standard InChI is InChI=1S/C11H15F3N2OS/c1-17-5-4-10(2-3-10)7-15-9-16-8(6-18-9)11(12,13)14/h6H,2-5,7H2,1H3,(H,15,16). The molecule has 1 aromatic heterocycles. The van der Waals surface area contributed by atoms with Gasteiger partial charge in [-0.05, 0) is 24.7 Å². The van der Waals surface area contributed by atoms with Gasteiger partial charge in [0.05, 0.1) is 0 Å². The summed E-state index contributed by atoms with van der Waals surface area (Å²) in [5, 5.41) is 4.38. The largest absolute Gasteiger partial charge is 0.434 e. The predicted octanol–water partition coefficient (Wildman–Crippen LogP) is 3.39. The Morgan fingerprint density at radius 2 is 2.22 bits per heavy atom. The summed E-state index contributed by atoms with van der Waals surface area (Å²) in [7, 11) is 1.65. The van der Waals surface area contributed by atoms with Gasteiger partial charge in [-0.3, -0.25) is 0 Å². The first-order valence-corrected chi connectivity index (χ1v) is 6.59. The summed E-state index contributed by atoms with van der Waals surface area (Å²) >= 11 is 0.995. The third-order valence-corrected chi connectivity index (χ3v) is 4.00. The number of ether oxygens (including phenoxy) is 1. The van der Waals surface area contributed by atoms with Crippen LogP contribution in [0.5, 0.6) is 0 Å². The van der Waals surface area contributed by atoms with Gasteiger partial charge in [-0.1, -0.05) is 0 Å².